The Morgan fingerprint density at radius 2 is 1.96 bits per heavy atom. The molecule has 3 N–H and O–H groups in total. The van der Waals surface area contributed by atoms with Crippen molar-refractivity contribution in [1.82, 2.24) is 15.6 Å². The molecule has 6 nitrogen and oxygen atoms in total. The zero-order chi connectivity index (χ0) is 16.1. The Bertz CT molecular complexity index is 634. The van der Waals surface area contributed by atoms with Gasteiger partial charge in [0.2, 0.25) is 5.89 Å². The maximum absolute atomic E-state index is 11.9. The van der Waals surface area contributed by atoms with E-state index in [0.717, 1.165) is 31.2 Å². The number of urea groups is 1. The minimum Gasteiger partial charge on any atom is -0.444 e. The number of aliphatic hydroxyl groups excluding tert-OH is 1. The van der Waals surface area contributed by atoms with E-state index in [2.05, 4.69) is 15.6 Å². The quantitative estimate of drug-likeness (QED) is 0.808. The molecule has 0 saturated heterocycles. The SMILES string of the molecule is O=C(NCc1coc(-c2ccccc2)n1)NC1CCC(O)CC1. The van der Waals surface area contributed by atoms with Gasteiger partial charge in [0.25, 0.3) is 0 Å². The summed E-state index contributed by atoms with van der Waals surface area (Å²) in [5.74, 6) is 0.545. The first-order valence-electron chi connectivity index (χ1n) is 7.93. The van der Waals surface area contributed by atoms with Crippen LogP contribution in [-0.4, -0.2) is 28.3 Å². The second-order valence-electron chi connectivity index (χ2n) is 5.84. The standard InChI is InChI=1S/C17H21N3O3/c21-15-8-6-13(7-9-15)20-17(22)18-10-14-11-23-16(19-14)12-4-2-1-3-5-12/h1-5,11,13,15,21H,6-10H2,(H2,18,20,22). The van der Waals surface area contributed by atoms with Crippen LogP contribution in [0.15, 0.2) is 41.0 Å². The van der Waals surface area contributed by atoms with E-state index in [1.807, 2.05) is 30.3 Å². The number of aliphatic hydroxyl groups is 1. The molecule has 0 unspecified atom stereocenters. The van der Waals surface area contributed by atoms with Crippen LogP contribution in [0.4, 0.5) is 4.79 Å². The summed E-state index contributed by atoms with van der Waals surface area (Å²) >= 11 is 0. The highest BCUT2D eigenvalue weighted by atomic mass is 16.3. The molecule has 2 aromatic rings. The van der Waals surface area contributed by atoms with Gasteiger partial charge in [-0.25, -0.2) is 9.78 Å². The van der Waals surface area contributed by atoms with Crippen LogP contribution in [0.25, 0.3) is 11.5 Å². The fraction of sp³-hybridized carbons (Fsp3) is 0.412. The van der Waals surface area contributed by atoms with E-state index in [1.165, 1.54) is 0 Å². The smallest absolute Gasteiger partial charge is 0.315 e. The van der Waals surface area contributed by atoms with Crippen molar-refractivity contribution >= 4 is 6.03 Å². The van der Waals surface area contributed by atoms with Crippen LogP contribution in [0.2, 0.25) is 0 Å². The Morgan fingerprint density at radius 1 is 1.22 bits per heavy atom. The molecule has 1 heterocycles. The molecule has 122 valence electrons. The molecule has 1 aromatic carbocycles. The van der Waals surface area contributed by atoms with Gasteiger partial charge in [-0.15, -0.1) is 0 Å². The molecule has 1 aromatic heterocycles. The van der Waals surface area contributed by atoms with Crippen molar-refractivity contribution in [2.24, 2.45) is 0 Å². The Morgan fingerprint density at radius 3 is 2.70 bits per heavy atom. The van der Waals surface area contributed by atoms with Crippen molar-refractivity contribution in [3.8, 4) is 11.5 Å². The number of carbonyl (C=O) groups excluding carboxylic acids is 1. The summed E-state index contributed by atoms with van der Waals surface area (Å²) in [6, 6.07) is 9.55. The van der Waals surface area contributed by atoms with Gasteiger partial charge in [0.05, 0.1) is 18.3 Å². The van der Waals surface area contributed by atoms with E-state index >= 15 is 0 Å². The molecular formula is C17H21N3O3. The van der Waals surface area contributed by atoms with Gasteiger partial charge in [-0.3, -0.25) is 0 Å². The van der Waals surface area contributed by atoms with Crippen LogP contribution in [-0.2, 0) is 6.54 Å². The summed E-state index contributed by atoms with van der Waals surface area (Å²) in [6.07, 6.45) is 4.46. The zero-order valence-corrected chi connectivity index (χ0v) is 12.9. The maximum Gasteiger partial charge on any atom is 0.315 e. The van der Waals surface area contributed by atoms with Gasteiger partial charge in [-0.2, -0.15) is 0 Å². The van der Waals surface area contributed by atoms with Crippen molar-refractivity contribution in [1.29, 1.82) is 0 Å². The monoisotopic (exact) mass is 315 g/mol. The van der Waals surface area contributed by atoms with Crippen molar-refractivity contribution in [3.05, 3.63) is 42.3 Å². The van der Waals surface area contributed by atoms with E-state index in [-0.39, 0.29) is 18.2 Å². The first-order valence-corrected chi connectivity index (χ1v) is 7.93. The molecule has 0 bridgehead atoms. The minimum absolute atomic E-state index is 0.135. The first-order chi connectivity index (χ1) is 11.2. The number of oxazole rings is 1. The first kappa shape index (κ1) is 15.6. The number of aromatic nitrogens is 1. The molecule has 0 atom stereocenters. The molecule has 2 amide bonds. The molecule has 0 aliphatic heterocycles. The molecule has 6 heteroatoms. The fourth-order valence-corrected chi connectivity index (χ4v) is 2.73. The average Bonchev–Trinajstić information content (AvgIpc) is 3.05. The number of carbonyl (C=O) groups is 1. The van der Waals surface area contributed by atoms with Crippen LogP contribution in [0.3, 0.4) is 0 Å². The Labute approximate surface area is 134 Å². The average molecular weight is 315 g/mol. The van der Waals surface area contributed by atoms with Gasteiger partial charge in [0, 0.05) is 11.6 Å². The normalized spacial score (nSPS) is 20.9. The highest BCUT2D eigenvalue weighted by molar-refractivity contribution is 5.74. The number of rotatable bonds is 4. The number of benzene rings is 1. The number of nitrogens with one attached hydrogen (secondary N) is 2. The minimum atomic E-state index is -0.220. The zero-order valence-electron chi connectivity index (χ0n) is 12.9. The molecule has 0 radical (unpaired) electrons. The van der Waals surface area contributed by atoms with Crippen molar-refractivity contribution in [2.45, 2.75) is 44.4 Å². The van der Waals surface area contributed by atoms with Crippen molar-refractivity contribution in [3.63, 3.8) is 0 Å². The highest BCUT2D eigenvalue weighted by Crippen LogP contribution is 2.19. The molecule has 0 spiro atoms. The Balaban J connectivity index is 1.47. The molecule has 1 aliphatic rings. The van der Waals surface area contributed by atoms with Gasteiger partial charge in [-0.1, -0.05) is 18.2 Å². The van der Waals surface area contributed by atoms with Crippen LogP contribution >= 0.6 is 0 Å². The largest absolute Gasteiger partial charge is 0.444 e. The van der Waals surface area contributed by atoms with Crippen LogP contribution in [0, 0.1) is 0 Å². The summed E-state index contributed by atoms with van der Waals surface area (Å²) in [4.78, 5) is 16.3. The topological polar surface area (TPSA) is 87.4 Å². The highest BCUT2D eigenvalue weighted by Gasteiger charge is 2.20. The number of amides is 2. The summed E-state index contributed by atoms with van der Waals surface area (Å²) < 4.78 is 5.43. The number of nitrogens with zero attached hydrogens (tertiary/aromatic N) is 1. The third kappa shape index (κ3) is 4.32. The third-order valence-corrected chi connectivity index (χ3v) is 4.03. The van der Waals surface area contributed by atoms with Gasteiger partial charge in [0.1, 0.15) is 6.26 Å². The van der Waals surface area contributed by atoms with E-state index in [4.69, 9.17) is 4.42 Å². The summed E-state index contributed by atoms with van der Waals surface area (Å²) in [5, 5.41) is 15.2. The molecule has 1 fully saturated rings. The number of hydrogen-bond donors (Lipinski definition) is 3. The molecule has 3 rings (SSSR count). The van der Waals surface area contributed by atoms with E-state index < -0.39 is 0 Å². The second kappa shape index (κ2) is 7.28. The van der Waals surface area contributed by atoms with E-state index in [0.29, 0.717) is 18.1 Å². The van der Waals surface area contributed by atoms with Crippen LogP contribution in [0.1, 0.15) is 31.4 Å². The van der Waals surface area contributed by atoms with Gasteiger partial charge >= 0.3 is 6.03 Å². The fourth-order valence-electron chi connectivity index (χ4n) is 2.73. The molecule has 23 heavy (non-hydrogen) atoms. The van der Waals surface area contributed by atoms with Gasteiger partial charge in [-0.05, 0) is 37.8 Å². The predicted molar refractivity (Wildman–Crippen MR) is 85.6 cm³/mol. The van der Waals surface area contributed by atoms with Crippen LogP contribution in [0.5, 0.6) is 0 Å². The number of hydrogen-bond acceptors (Lipinski definition) is 4. The molecule has 1 aliphatic carbocycles. The van der Waals surface area contributed by atoms with Crippen molar-refractivity contribution in [2.75, 3.05) is 0 Å². The summed E-state index contributed by atoms with van der Waals surface area (Å²) in [7, 11) is 0. The Hall–Kier alpha value is -2.34. The maximum atomic E-state index is 11.9. The molecular weight excluding hydrogens is 294 g/mol. The van der Waals surface area contributed by atoms with Gasteiger partial charge in [0.15, 0.2) is 0 Å². The van der Waals surface area contributed by atoms with Gasteiger partial charge < -0.3 is 20.2 Å². The predicted octanol–water partition coefficient (Wildman–Crippen LogP) is 2.44. The second-order valence-corrected chi connectivity index (χ2v) is 5.84. The van der Waals surface area contributed by atoms with Crippen LogP contribution < -0.4 is 10.6 Å². The lowest BCUT2D eigenvalue weighted by molar-refractivity contribution is 0.117. The lowest BCUT2D eigenvalue weighted by atomic mass is 9.93. The Kier molecular flexibility index (Phi) is 4.92. The third-order valence-electron chi connectivity index (χ3n) is 4.03. The van der Waals surface area contributed by atoms with E-state index in [9.17, 15) is 9.90 Å². The summed E-state index contributed by atoms with van der Waals surface area (Å²) in [5.41, 5.74) is 1.59. The molecule has 1 saturated carbocycles. The summed E-state index contributed by atoms with van der Waals surface area (Å²) in [6.45, 7) is 0.317. The lowest BCUT2D eigenvalue weighted by Gasteiger charge is -2.26. The van der Waals surface area contributed by atoms with E-state index in [1.54, 1.807) is 6.26 Å². The van der Waals surface area contributed by atoms with Crippen molar-refractivity contribution < 1.29 is 14.3 Å². The lowest BCUT2D eigenvalue weighted by Crippen LogP contribution is -2.43.